The molecular formula is C8H9Cl2N3O. The van der Waals surface area contributed by atoms with Crippen molar-refractivity contribution in [3.63, 3.8) is 0 Å². The van der Waals surface area contributed by atoms with Gasteiger partial charge in [-0.3, -0.25) is 16.1 Å². The average molecular weight is 234 g/mol. The fraction of sp³-hybridized carbons (Fsp3) is 0.125. The number of hydrogen-bond acceptors (Lipinski definition) is 3. The van der Waals surface area contributed by atoms with E-state index in [9.17, 15) is 4.79 Å². The number of carbonyl (C=O) groups is 1. The van der Waals surface area contributed by atoms with Crippen LogP contribution in [0.3, 0.4) is 0 Å². The maximum absolute atomic E-state index is 11.1. The molecular weight excluding hydrogens is 225 g/mol. The number of hydrazine groups is 1. The van der Waals surface area contributed by atoms with E-state index in [0.717, 1.165) is 0 Å². The molecule has 14 heavy (non-hydrogen) atoms. The first-order valence-corrected chi connectivity index (χ1v) is 4.57. The zero-order valence-corrected chi connectivity index (χ0v) is 8.69. The van der Waals surface area contributed by atoms with Gasteiger partial charge in [0.05, 0.1) is 17.3 Å². The third kappa shape index (κ3) is 3.16. The molecule has 6 heteroatoms. The van der Waals surface area contributed by atoms with Crippen molar-refractivity contribution < 1.29 is 4.79 Å². The Hall–Kier alpha value is -0.810. The summed E-state index contributed by atoms with van der Waals surface area (Å²) >= 11 is 11.5. The maximum atomic E-state index is 11.1. The molecule has 4 nitrogen and oxygen atoms in total. The lowest BCUT2D eigenvalue weighted by atomic mass is 10.3. The number of rotatable bonds is 3. The van der Waals surface area contributed by atoms with Crippen molar-refractivity contribution in [2.24, 2.45) is 5.84 Å². The molecule has 0 saturated carbocycles. The number of halogens is 2. The molecule has 1 aromatic rings. The molecule has 0 radical (unpaired) electrons. The molecule has 1 aromatic carbocycles. The van der Waals surface area contributed by atoms with Crippen molar-refractivity contribution in [3.8, 4) is 0 Å². The minimum absolute atomic E-state index is 0.0167. The van der Waals surface area contributed by atoms with Crippen LogP contribution in [0.1, 0.15) is 0 Å². The molecule has 4 N–H and O–H groups in total. The molecule has 0 aromatic heterocycles. The highest BCUT2D eigenvalue weighted by Crippen LogP contribution is 2.25. The second kappa shape index (κ2) is 5.17. The lowest BCUT2D eigenvalue weighted by Crippen LogP contribution is -2.32. The van der Waals surface area contributed by atoms with Crippen molar-refractivity contribution in [1.82, 2.24) is 5.43 Å². The Labute approximate surface area is 91.3 Å². The molecule has 0 spiro atoms. The standard InChI is InChI=1S/C8H9Cl2N3O/c9-5-1-2-6(10)7(3-5)13-8(14)4-12-11/h1-3,12H,4,11H2,(H,13,14). The van der Waals surface area contributed by atoms with E-state index in [4.69, 9.17) is 29.0 Å². The van der Waals surface area contributed by atoms with Gasteiger partial charge in [0.1, 0.15) is 0 Å². The van der Waals surface area contributed by atoms with Crippen LogP contribution < -0.4 is 16.6 Å². The summed E-state index contributed by atoms with van der Waals surface area (Å²) in [6, 6.07) is 4.81. The van der Waals surface area contributed by atoms with E-state index < -0.39 is 0 Å². The highest BCUT2D eigenvalue weighted by atomic mass is 35.5. The zero-order valence-electron chi connectivity index (χ0n) is 7.18. The molecule has 76 valence electrons. The smallest absolute Gasteiger partial charge is 0.239 e. The van der Waals surface area contributed by atoms with E-state index in [-0.39, 0.29) is 12.5 Å². The van der Waals surface area contributed by atoms with Crippen LogP contribution in [0.4, 0.5) is 5.69 Å². The van der Waals surface area contributed by atoms with Crippen LogP contribution in [-0.4, -0.2) is 12.5 Å². The van der Waals surface area contributed by atoms with E-state index in [0.29, 0.717) is 15.7 Å². The van der Waals surface area contributed by atoms with Gasteiger partial charge in [0, 0.05) is 5.02 Å². The summed E-state index contributed by atoms with van der Waals surface area (Å²) in [7, 11) is 0. The summed E-state index contributed by atoms with van der Waals surface area (Å²) in [4.78, 5) is 11.1. The Kier molecular flexibility index (Phi) is 4.16. The first kappa shape index (κ1) is 11.3. The largest absolute Gasteiger partial charge is 0.324 e. The van der Waals surface area contributed by atoms with E-state index in [1.807, 2.05) is 0 Å². The Morgan fingerprint density at radius 1 is 1.43 bits per heavy atom. The van der Waals surface area contributed by atoms with Crippen molar-refractivity contribution in [2.75, 3.05) is 11.9 Å². The zero-order chi connectivity index (χ0) is 10.6. The topological polar surface area (TPSA) is 67.1 Å². The van der Waals surface area contributed by atoms with E-state index in [1.54, 1.807) is 18.2 Å². The fourth-order valence-corrected chi connectivity index (χ4v) is 1.22. The van der Waals surface area contributed by atoms with Gasteiger partial charge >= 0.3 is 0 Å². The second-order valence-electron chi connectivity index (χ2n) is 2.55. The summed E-state index contributed by atoms with van der Waals surface area (Å²) in [5, 5.41) is 3.49. The number of nitrogens with one attached hydrogen (secondary N) is 2. The minimum Gasteiger partial charge on any atom is -0.324 e. The molecule has 1 amide bonds. The number of anilines is 1. The molecule has 0 heterocycles. The van der Waals surface area contributed by atoms with Crippen LogP contribution in [0.2, 0.25) is 10.0 Å². The van der Waals surface area contributed by atoms with Gasteiger partial charge in [-0.05, 0) is 18.2 Å². The monoisotopic (exact) mass is 233 g/mol. The molecule has 0 unspecified atom stereocenters. The van der Waals surface area contributed by atoms with Gasteiger partial charge in [-0.25, -0.2) is 0 Å². The van der Waals surface area contributed by atoms with Gasteiger partial charge in [-0.1, -0.05) is 23.2 Å². The first-order chi connectivity index (χ1) is 6.63. The summed E-state index contributed by atoms with van der Waals surface area (Å²) < 4.78 is 0. The average Bonchev–Trinajstić information content (AvgIpc) is 2.12. The summed E-state index contributed by atoms with van der Waals surface area (Å²) in [6.45, 7) is 0.0167. The molecule has 0 aliphatic heterocycles. The van der Waals surface area contributed by atoms with Gasteiger partial charge in [-0.2, -0.15) is 0 Å². The van der Waals surface area contributed by atoms with Crippen molar-refractivity contribution in [3.05, 3.63) is 28.2 Å². The fourth-order valence-electron chi connectivity index (χ4n) is 0.880. The molecule has 0 saturated heterocycles. The molecule has 0 aliphatic rings. The first-order valence-electron chi connectivity index (χ1n) is 3.82. The van der Waals surface area contributed by atoms with E-state index in [2.05, 4.69) is 10.7 Å². The van der Waals surface area contributed by atoms with Crippen LogP contribution in [0.25, 0.3) is 0 Å². The number of carbonyl (C=O) groups excluding carboxylic acids is 1. The van der Waals surface area contributed by atoms with Crippen LogP contribution >= 0.6 is 23.2 Å². The summed E-state index contributed by atoms with van der Waals surface area (Å²) in [6.07, 6.45) is 0. The maximum Gasteiger partial charge on any atom is 0.239 e. The van der Waals surface area contributed by atoms with Gasteiger partial charge in [0.25, 0.3) is 0 Å². The predicted octanol–water partition coefficient (Wildman–Crippen LogP) is 1.40. The highest BCUT2D eigenvalue weighted by molar-refractivity contribution is 6.35. The third-order valence-corrected chi connectivity index (χ3v) is 2.03. The summed E-state index contributed by atoms with van der Waals surface area (Å²) in [5.41, 5.74) is 2.71. The van der Waals surface area contributed by atoms with Gasteiger partial charge < -0.3 is 5.32 Å². The van der Waals surface area contributed by atoms with Gasteiger partial charge in [-0.15, -0.1) is 0 Å². The Bertz CT molecular complexity index is 343. The van der Waals surface area contributed by atoms with Crippen LogP contribution in [0, 0.1) is 0 Å². The lowest BCUT2D eigenvalue weighted by Gasteiger charge is -2.06. The molecule has 1 rings (SSSR count). The number of amides is 1. The van der Waals surface area contributed by atoms with Crippen molar-refractivity contribution in [1.29, 1.82) is 0 Å². The van der Waals surface area contributed by atoms with Crippen molar-refractivity contribution >= 4 is 34.8 Å². The number of nitrogens with two attached hydrogens (primary N) is 1. The predicted molar refractivity (Wildman–Crippen MR) is 57.3 cm³/mol. The van der Waals surface area contributed by atoms with Crippen LogP contribution in [0.5, 0.6) is 0 Å². The second-order valence-corrected chi connectivity index (χ2v) is 3.40. The Morgan fingerprint density at radius 3 is 2.79 bits per heavy atom. The number of hydrogen-bond donors (Lipinski definition) is 3. The molecule has 0 fully saturated rings. The molecule has 0 atom stereocenters. The quantitative estimate of drug-likeness (QED) is 0.547. The Morgan fingerprint density at radius 2 is 2.14 bits per heavy atom. The Balaban J connectivity index is 2.75. The van der Waals surface area contributed by atoms with Crippen LogP contribution in [-0.2, 0) is 4.79 Å². The molecule has 0 aliphatic carbocycles. The number of benzene rings is 1. The van der Waals surface area contributed by atoms with Gasteiger partial charge in [0.2, 0.25) is 5.91 Å². The lowest BCUT2D eigenvalue weighted by molar-refractivity contribution is -0.115. The SMILES string of the molecule is NNCC(=O)Nc1cc(Cl)ccc1Cl. The van der Waals surface area contributed by atoms with Crippen LogP contribution in [0.15, 0.2) is 18.2 Å². The summed E-state index contributed by atoms with van der Waals surface area (Å²) in [5.74, 6) is 4.70. The van der Waals surface area contributed by atoms with E-state index in [1.165, 1.54) is 0 Å². The van der Waals surface area contributed by atoms with Gasteiger partial charge in [0.15, 0.2) is 0 Å². The molecule has 0 bridgehead atoms. The van der Waals surface area contributed by atoms with Crippen molar-refractivity contribution in [2.45, 2.75) is 0 Å². The minimum atomic E-state index is -0.281. The third-order valence-electron chi connectivity index (χ3n) is 1.47. The van der Waals surface area contributed by atoms with E-state index >= 15 is 0 Å². The highest BCUT2D eigenvalue weighted by Gasteiger charge is 2.05. The normalized spacial score (nSPS) is 9.93.